The molecule has 3 nitrogen and oxygen atoms in total. The number of hydrogen-bond acceptors (Lipinski definition) is 3. The maximum absolute atomic E-state index is 9.42. The summed E-state index contributed by atoms with van der Waals surface area (Å²) < 4.78 is 2.29. The molecule has 0 unspecified atom stereocenters. The molecule has 0 aromatic carbocycles. The van der Waals surface area contributed by atoms with Crippen LogP contribution in [0.15, 0.2) is 11.7 Å². The van der Waals surface area contributed by atoms with Gasteiger partial charge in [-0.25, -0.2) is 4.98 Å². The SMILES string of the molecule is On1cc(C2CC2)c2scnc21. The highest BCUT2D eigenvalue weighted by atomic mass is 32.1. The van der Waals surface area contributed by atoms with E-state index in [0.717, 1.165) is 9.43 Å². The summed E-state index contributed by atoms with van der Waals surface area (Å²) in [5.74, 6) is 0.682. The van der Waals surface area contributed by atoms with Gasteiger partial charge in [0.05, 0.1) is 16.4 Å². The van der Waals surface area contributed by atoms with Crippen LogP contribution in [0.1, 0.15) is 24.3 Å². The molecule has 3 rings (SSSR count). The summed E-state index contributed by atoms with van der Waals surface area (Å²) in [6.45, 7) is 0. The predicted octanol–water partition coefficient (Wildman–Crippen LogP) is 2.21. The summed E-state index contributed by atoms with van der Waals surface area (Å²) in [6, 6.07) is 0. The molecule has 1 saturated carbocycles. The second-order valence-electron chi connectivity index (χ2n) is 3.21. The molecule has 0 saturated heterocycles. The van der Waals surface area contributed by atoms with Crippen LogP contribution in [-0.4, -0.2) is 14.9 Å². The summed E-state index contributed by atoms with van der Waals surface area (Å²) in [5.41, 5.74) is 3.76. The first kappa shape index (κ1) is 6.48. The molecule has 2 aromatic heterocycles. The van der Waals surface area contributed by atoms with Crippen molar-refractivity contribution in [1.82, 2.24) is 9.71 Å². The van der Waals surface area contributed by atoms with Crippen molar-refractivity contribution in [3.63, 3.8) is 0 Å². The van der Waals surface area contributed by atoms with Crippen molar-refractivity contribution < 1.29 is 5.21 Å². The van der Waals surface area contributed by atoms with Crippen LogP contribution < -0.4 is 0 Å². The zero-order valence-electron chi connectivity index (χ0n) is 6.40. The first-order valence-corrected chi connectivity index (χ1v) is 4.88. The third-order valence-corrected chi connectivity index (χ3v) is 3.17. The highest BCUT2D eigenvalue weighted by Crippen LogP contribution is 2.44. The molecule has 0 spiro atoms. The number of aromatic nitrogens is 2. The van der Waals surface area contributed by atoms with E-state index in [1.165, 1.54) is 18.4 Å². The van der Waals surface area contributed by atoms with Gasteiger partial charge in [-0.2, -0.15) is 4.73 Å². The van der Waals surface area contributed by atoms with Crippen LogP contribution >= 0.6 is 11.3 Å². The Kier molecular flexibility index (Phi) is 1.09. The highest BCUT2D eigenvalue weighted by molar-refractivity contribution is 7.16. The van der Waals surface area contributed by atoms with Gasteiger partial charge in [0.15, 0.2) is 5.65 Å². The fourth-order valence-electron chi connectivity index (χ4n) is 1.54. The molecule has 2 heterocycles. The van der Waals surface area contributed by atoms with Crippen molar-refractivity contribution in [2.45, 2.75) is 18.8 Å². The van der Waals surface area contributed by atoms with E-state index in [9.17, 15) is 5.21 Å². The van der Waals surface area contributed by atoms with E-state index in [2.05, 4.69) is 4.98 Å². The van der Waals surface area contributed by atoms with Gasteiger partial charge in [0.25, 0.3) is 0 Å². The first-order valence-electron chi connectivity index (χ1n) is 4.00. The van der Waals surface area contributed by atoms with Gasteiger partial charge >= 0.3 is 0 Å². The van der Waals surface area contributed by atoms with Crippen molar-refractivity contribution in [3.05, 3.63) is 17.3 Å². The Bertz CT molecular complexity index is 427. The van der Waals surface area contributed by atoms with E-state index < -0.39 is 0 Å². The lowest BCUT2D eigenvalue weighted by molar-refractivity contribution is 0.198. The molecule has 1 N–H and O–H groups in total. The van der Waals surface area contributed by atoms with E-state index in [-0.39, 0.29) is 0 Å². The Hall–Kier alpha value is -1.03. The smallest absolute Gasteiger partial charge is 0.186 e. The lowest BCUT2D eigenvalue weighted by Gasteiger charge is -1.87. The molecule has 0 radical (unpaired) electrons. The lowest BCUT2D eigenvalue weighted by Crippen LogP contribution is -1.85. The summed E-state index contributed by atoms with van der Waals surface area (Å²) in [5, 5.41) is 9.42. The van der Waals surface area contributed by atoms with Crippen LogP contribution in [-0.2, 0) is 0 Å². The number of fused-ring (bicyclic) bond motifs is 1. The lowest BCUT2D eigenvalue weighted by atomic mass is 10.2. The van der Waals surface area contributed by atoms with Gasteiger partial charge < -0.3 is 5.21 Å². The second-order valence-corrected chi connectivity index (χ2v) is 4.06. The van der Waals surface area contributed by atoms with Crippen LogP contribution in [0.2, 0.25) is 0 Å². The van der Waals surface area contributed by atoms with Gasteiger partial charge in [-0.3, -0.25) is 0 Å². The molecule has 4 heteroatoms. The number of thiazole rings is 1. The van der Waals surface area contributed by atoms with Crippen LogP contribution in [0.5, 0.6) is 0 Å². The van der Waals surface area contributed by atoms with Crippen molar-refractivity contribution >= 4 is 21.7 Å². The minimum absolute atomic E-state index is 0.682. The zero-order chi connectivity index (χ0) is 8.13. The third kappa shape index (κ3) is 0.728. The van der Waals surface area contributed by atoms with Crippen molar-refractivity contribution in [3.8, 4) is 0 Å². The molecule has 0 atom stereocenters. The van der Waals surface area contributed by atoms with Gasteiger partial charge in [0, 0.05) is 0 Å². The molecular weight excluding hydrogens is 172 g/mol. The maximum Gasteiger partial charge on any atom is 0.186 e. The molecule has 1 fully saturated rings. The molecule has 62 valence electrons. The van der Waals surface area contributed by atoms with E-state index in [1.54, 1.807) is 23.0 Å². The normalized spacial score (nSPS) is 17.3. The fourth-order valence-corrected chi connectivity index (χ4v) is 2.40. The zero-order valence-corrected chi connectivity index (χ0v) is 7.21. The second kappa shape index (κ2) is 2.01. The van der Waals surface area contributed by atoms with Crippen molar-refractivity contribution in [2.75, 3.05) is 0 Å². The average Bonchev–Trinajstić information content (AvgIpc) is 2.68. The molecule has 0 amide bonds. The minimum atomic E-state index is 0.682. The van der Waals surface area contributed by atoms with Gasteiger partial charge in [-0.05, 0) is 24.3 Å². The fraction of sp³-hybridized carbons (Fsp3) is 0.375. The van der Waals surface area contributed by atoms with Crippen LogP contribution in [0.3, 0.4) is 0 Å². The third-order valence-electron chi connectivity index (χ3n) is 2.31. The molecule has 0 bridgehead atoms. The summed E-state index contributed by atoms with van der Waals surface area (Å²) in [4.78, 5) is 4.08. The van der Waals surface area contributed by atoms with Gasteiger partial charge in [-0.15, -0.1) is 11.3 Å². The van der Waals surface area contributed by atoms with E-state index >= 15 is 0 Å². The van der Waals surface area contributed by atoms with Gasteiger partial charge in [0.2, 0.25) is 0 Å². The molecule has 1 aliphatic rings. The Balaban J connectivity index is 2.33. The van der Waals surface area contributed by atoms with Crippen LogP contribution in [0, 0.1) is 0 Å². The molecule has 12 heavy (non-hydrogen) atoms. The largest absolute Gasteiger partial charge is 0.427 e. The topological polar surface area (TPSA) is 38.0 Å². The summed E-state index contributed by atoms with van der Waals surface area (Å²) >= 11 is 1.61. The average molecular weight is 180 g/mol. The van der Waals surface area contributed by atoms with Gasteiger partial charge in [0.1, 0.15) is 0 Å². The number of hydrogen-bond donors (Lipinski definition) is 1. The monoisotopic (exact) mass is 180 g/mol. The molecule has 0 aliphatic heterocycles. The van der Waals surface area contributed by atoms with Crippen LogP contribution in [0.4, 0.5) is 0 Å². The maximum atomic E-state index is 9.42. The number of rotatable bonds is 1. The van der Waals surface area contributed by atoms with Crippen LogP contribution in [0.25, 0.3) is 10.3 Å². The standard InChI is InChI=1S/C8H8N2OS/c11-10-3-6(5-1-2-5)7-8(10)9-4-12-7/h3-5,11H,1-2H2. The molecule has 1 aliphatic carbocycles. The molecular formula is C8H8N2OS. The van der Waals surface area contributed by atoms with E-state index in [0.29, 0.717) is 11.6 Å². The van der Waals surface area contributed by atoms with Crippen molar-refractivity contribution in [2.24, 2.45) is 0 Å². The number of nitrogens with zero attached hydrogens (tertiary/aromatic N) is 2. The Morgan fingerprint density at radius 2 is 2.42 bits per heavy atom. The van der Waals surface area contributed by atoms with E-state index in [1.807, 2.05) is 0 Å². The van der Waals surface area contributed by atoms with Crippen molar-refractivity contribution in [1.29, 1.82) is 0 Å². The summed E-state index contributed by atoms with van der Waals surface area (Å²) in [6.07, 6.45) is 4.32. The first-order chi connectivity index (χ1) is 5.86. The minimum Gasteiger partial charge on any atom is -0.427 e. The Morgan fingerprint density at radius 1 is 1.58 bits per heavy atom. The highest BCUT2D eigenvalue weighted by Gasteiger charge is 2.28. The molecule has 2 aromatic rings. The van der Waals surface area contributed by atoms with E-state index in [4.69, 9.17) is 0 Å². The quantitative estimate of drug-likeness (QED) is 0.683. The Labute approximate surface area is 73.2 Å². The van der Waals surface area contributed by atoms with Gasteiger partial charge in [-0.1, -0.05) is 0 Å². The predicted molar refractivity (Wildman–Crippen MR) is 46.8 cm³/mol. The Morgan fingerprint density at radius 3 is 3.17 bits per heavy atom. The summed E-state index contributed by atoms with van der Waals surface area (Å²) in [7, 11) is 0.